The largest absolute Gasteiger partial charge is 0.455 e. The molecular formula is C46H31N3O. The Morgan fingerprint density at radius 3 is 1.66 bits per heavy atom. The first-order valence-corrected chi connectivity index (χ1v) is 17.0. The van der Waals surface area contributed by atoms with Crippen LogP contribution in [0.2, 0.25) is 0 Å². The third kappa shape index (κ3) is 4.21. The molecule has 4 heteroatoms. The minimum atomic E-state index is -0.382. The van der Waals surface area contributed by atoms with Crippen LogP contribution in [-0.2, 0) is 5.41 Å². The molecule has 0 saturated heterocycles. The standard InChI is InChI=1S/C46H31N3O/c1-46(2)40-35(38-32-18-9-10-19-33(32)42-39(41(38)46)34-20-11-12-23-37(34)50-42)21-13-22-36(40)45-48-43(30-16-7-4-8-17-30)47-44(49-45)31-26-24-29(25-27-31)28-14-5-3-6-15-28/h3-27H,1-2H3. The molecule has 0 radical (unpaired) electrons. The highest BCUT2D eigenvalue weighted by Crippen LogP contribution is 2.58. The van der Waals surface area contributed by atoms with Crippen LogP contribution in [0.25, 0.3) is 89.1 Å². The molecule has 1 aliphatic rings. The van der Waals surface area contributed by atoms with E-state index in [0.717, 1.165) is 44.2 Å². The number of nitrogens with zero attached hydrogens (tertiary/aromatic N) is 3. The van der Waals surface area contributed by atoms with Crippen molar-refractivity contribution in [3.05, 3.63) is 163 Å². The van der Waals surface area contributed by atoms with Gasteiger partial charge in [0.15, 0.2) is 17.5 Å². The van der Waals surface area contributed by atoms with Crippen molar-refractivity contribution in [2.75, 3.05) is 0 Å². The molecule has 0 fully saturated rings. The molecular weight excluding hydrogens is 611 g/mol. The van der Waals surface area contributed by atoms with Gasteiger partial charge in [-0.3, -0.25) is 0 Å². The SMILES string of the molecule is CC1(C)c2c(-c3nc(-c4ccccc4)nc(-c4ccc(-c5ccccc5)cc4)n3)cccc2-c2c1c1c3ccccc3oc1c1ccccc21. The molecule has 0 saturated carbocycles. The summed E-state index contributed by atoms with van der Waals surface area (Å²) in [7, 11) is 0. The normalized spacial score (nSPS) is 13.2. The molecule has 50 heavy (non-hydrogen) atoms. The molecule has 2 aromatic heterocycles. The van der Waals surface area contributed by atoms with Gasteiger partial charge >= 0.3 is 0 Å². The van der Waals surface area contributed by atoms with Gasteiger partial charge in [0.1, 0.15) is 11.2 Å². The first kappa shape index (κ1) is 28.6. The van der Waals surface area contributed by atoms with Gasteiger partial charge in [-0.2, -0.15) is 0 Å². The summed E-state index contributed by atoms with van der Waals surface area (Å²) >= 11 is 0. The van der Waals surface area contributed by atoms with Crippen LogP contribution in [0, 0.1) is 0 Å². The minimum absolute atomic E-state index is 0.382. The maximum Gasteiger partial charge on any atom is 0.164 e. The lowest BCUT2D eigenvalue weighted by atomic mass is 9.78. The van der Waals surface area contributed by atoms with Crippen molar-refractivity contribution in [1.29, 1.82) is 0 Å². The van der Waals surface area contributed by atoms with E-state index in [0.29, 0.717) is 17.5 Å². The zero-order valence-electron chi connectivity index (χ0n) is 27.7. The maximum absolute atomic E-state index is 6.63. The van der Waals surface area contributed by atoms with Crippen LogP contribution in [0.5, 0.6) is 0 Å². The molecule has 0 bridgehead atoms. The Labute approximate surface area is 289 Å². The zero-order chi connectivity index (χ0) is 33.4. The fourth-order valence-corrected chi connectivity index (χ4v) is 8.08. The zero-order valence-corrected chi connectivity index (χ0v) is 27.7. The number of rotatable bonds is 4. The minimum Gasteiger partial charge on any atom is -0.455 e. The Hall–Kier alpha value is -6.39. The van der Waals surface area contributed by atoms with E-state index < -0.39 is 0 Å². The third-order valence-corrected chi connectivity index (χ3v) is 10.3. The van der Waals surface area contributed by atoms with Crippen molar-refractivity contribution in [3.63, 3.8) is 0 Å². The summed E-state index contributed by atoms with van der Waals surface area (Å²) in [5, 5.41) is 4.64. The first-order chi connectivity index (χ1) is 24.6. The van der Waals surface area contributed by atoms with E-state index in [2.05, 4.69) is 135 Å². The number of fused-ring (bicyclic) bond motifs is 10. The number of benzene rings is 7. The second-order valence-electron chi connectivity index (χ2n) is 13.6. The van der Waals surface area contributed by atoms with Crippen molar-refractivity contribution in [2.24, 2.45) is 0 Å². The van der Waals surface area contributed by atoms with E-state index in [1.54, 1.807) is 0 Å². The second kappa shape index (κ2) is 10.8. The summed E-state index contributed by atoms with van der Waals surface area (Å²) in [5.41, 5.74) is 11.7. The highest BCUT2D eigenvalue weighted by molar-refractivity contribution is 6.23. The van der Waals surface area contributed by atoms with Crippen LogP contribution in [0.4, 0.5) is 0 Å². The molecule has 4 nitrogen and oxygen atoms in total. The van der Waals surface area contributed by atoms with E-state index in [1.807, 2.05) is 30.3 Å². The molecule has 7 aromatic carbocycles. The third-order valence-electron chi connectivity index (χ3n) is 10.3. The van der Waals surface area contributed by atoms with Crippen LogP contribution in [0.15, 0.2) is 156 Å². The number of hydrogen-bond acceptors (Lipinski definition) is 4. The van der Waals surface area contributed by atoms with E-state index in [1.165, 1.54) is 38.6 Å². The van der Waals surface area contributed by atoms with Gasteiger partial charge in [0.25, 0.3) is 0 Å². The lowest BCUT2D eigenvalue weighted by molar-refractivity contribution is 0.660. The average Bonchev–Trinajstić information content (AvgIpc) is 3.68. The Morgan fingerprint density at radius 1 is 0.420 bits per heavy atom. The van der Waals surface area contributed by atoms with E-state index in [-0.39, 0.29) is 5.41 Å². The fourth-order valence-electron chi connectivity index (χ4n) is 8.08. The molecule has 0 aliphatic heterocycles. The van der Waals surface area contributed by atoms with Crippen molar-refractivity contribution in [1.82, 2.24) is 15.0 Å². The van der Waals surface area contributed by atoms with Gasteiger partial charge in [0, 0.05) is 38.3 Å². The Morgan fingerprint density at radius 2 is 0.940 bits per heavy atom. The molecule has 2 heterocycles. The summed E-state index contributed by atoms with van der Waals surface area (Å²) in [4.78, 5) is 15.5. The fraction of sp³-hybridized carbons (Fsp3) is 0.0652. The van der Waals surface area contributed by atoms with Crippen molar-refractivity contribution in [2.45, 2.75) is 19.3 Å². The summed E-state index contributed by atoms with van der Waals surface area (Å²) in [5.74, 6) is 1.96. The van der Waals surface area contributed by atoms with Crippen LogP contribution in [0.1, 0.15) is 25.0 Å². The van der Waals surface area contributed by atoms with Gasteiger partial charge in [0.05, 0.1) is 0 Å². The predicted molar refractivity (Wildman–Crippen MR) is 204 cm³/mol. The molecule has 9 aromatic rings. The number of hydrogen-bond donors (Lipinski definition) is 0. The van der Waals surface area contributed by atoms with Crippen molar-refractivity contribution >= 4 is 32.7 Å². The van der Waals surface area contributed by atoms with Crippen LogP contribution >= 0.6 is 0 Å². The van der Waals surface area contributed by atoms with Gasteiger partial charge < -0.3 is 4.42 Å². The molecule has 0 spiro atoms. The topological polar surface area (TPSA) is 51.8 Å². The summed E-state index contributed by atoms with van der Waals surface area (Å²) < 4.78 is 6.63. The average molecular weight is 642 g/mol. The van der Waals surface area contributed by atoms with Gasteiger partial charge in [-0.05, 0) is 44.8 Å². The molecule has 0 unspecified atom stereocenters. The summed E-state index contributed by atoms with van der Waals surface area (Å²) in [6, 6.07) is 52.7. The van der Waals surface area contributed by atoms with Gasteiger partial charge in [0.2, 0.25) is 0 Å². The van der Waals surface area contributed by atoms with Gasteiger partial charge in [-0.15, -0.1) is 0 Å². The quantitative estimate of drug-likeness (QED) is 0.192. The smallest absolute Gasteiger partial charge is 0.164 e. The lowest BCUT2D eigenvalue weighted by Gasteiger charge is -2.25. The van der Waals surface area contributed by atoms with Crippen LogP contribution in [-0.4, -0.2) is 15.0 Å². The molecule has 0 N–H and O–H groups in total. The Bertz CT molecular complexity index is 2760. The number of furan rings is 1. The Balaban J connectivity index is 1.22. The van der Waals surface area contributed by atoms with Crippen LogP contribution in [0.3, 0.4) is 0 Å². The van der Waals surface area contributed by atoms with Crippen molar-refractivity contribution in [3.8, 4) is 56.4 Å². The summed E-state index contributed by atoms with van der Waals surface area (Å²) in [6.07, 6.45) is 0. The van der Waals surface area contributed by atoms with Crippen LogP contribution < -0.4 is 0 Å². The van der Waals surface area contributed by atoms with E-state index in [4.69, 9.17) is 19.4 Å². The van der Waals surface area contributed by atoms with Gasteiger partial charge in [-0.1, -0.05) is 159 Å². The lowest BCUT2D eigenvalue weighted by Crippen LogP contribution is -2.17. The molecule has 0 atom stereocenters. The van der Waals surface area contributed by atoms with Crippen molar-refractivity contribution < 1.29 is 4.42 Å². The molecule has 1 aliphatic carbocycles. The maximum atomic E-state index is 6.63. The highest BCUT2D eigenvalue weighted by Gasteiger charge is 2.42. The molecule has 236 valence electrons. The number of aromatic nitrogens is 3. The van der Waals surface area contributed by atoms with Gasteiger partial charge in [-0.25, -0.2) is 15.0 Å². The number of para-hydroxylation sites is 1. The second-order valence-corrected chi connectivity index (χ2v) is 13.6. The monoisotopic (exact) mass is 641 g/mol. The summed E-state index contributed by atoms with van der Waals surface area (Å²) in [6.45, 7) is 4.67. The molecule has 0 amide bonds. The first-order valence-electron chi connectivity index (χ1n) is 17.0. The molecule has 10 rings (SSSR count). The van der Waals surface area contributed by atoms with E-state index in [9.17, 15) is 0 Å². The Kier molecular flexibility index (Phi) is 6.19. The predicted octanol–water partition coefficient (Wildman–Crippen LogP) is 11.9. The highest BCUT2D eigenvalue weighted by atomic mass is 16.3. The van der Waals surface area contributed by atoms with E-state index >= 15 is 0 Å².